The van der Waals surface area contributed by atoms with Crippen molar-refractivity contribution in [2.45, 2.75) is 12.7 Å². The average molecular weight is 342 g/mol. The predicted octanol–water partition coefficient (Wildman–Crippen LogP) is 3.52. The molecule has 2 aromatic carbocycles. The summed E-state index contributed by atoms with van der Waals surface area (Å²) in [6.45, 7) is 2.14. The van der Waals surface area contributed by atoms with Gasteiger partial charge in [-0.25, -0.2) is 0 Å². The summed E-state index contributed by atoms with van der Waals surface area (Å²) in [5.74, 6) is 2.23. The molecular weight excluding hydrogens is 324 g/mol. The van der Waals surface area contributed by atoms with E-state index in [0.29, 0.717) is 22.7 Å². The summed E-state index contributed by atoms with van der Waals surface area (Å²) in [6, 6.07) is 12.8. The van der Waals surface area contributed by atoms with Crippen molar-refractivity contribution in [1.82, 2.24) is 0 Å². The highest BCUT2D eigenvalue weighted by atomic mass is 32.2. The van der Waals surface area contributed by atoms with E-state index in [0.717, 1.165) is 11.5 Å². The molecule has 0 unspecified atom stereocenters. The standard InChI is InChI=1S/C18H18N2O3S/c1-2-24-11-12-3-5-13(6-4-12)18(22)19-14-7-8-16-15(9-14)20-17(21)10-23-16/h3-9H,2,10-11H2,1H3,(H,19,22)(H,20,21). The second-order valence-corrected chi connectivity index (χ2v) is 6.61. The number of ether oxygens (including phenoxy) is 1. The summed E-state index contributed by atoms with van der Waals surface area (Å²) in [4.78, 5) is 23.7. The van der Waals surface area contributed by atoms with Crippen LogP contribution in [0.2, 0.25) is 0 Å². The molecule has 0 radical (unpaired) electrons. The second kappa shape index (κ2) is 7.40. The van der Waals surface area contributed by atoms with Crippen LogP contribution in [0.25, 0.3) is 0 Å². The van der Waals surface area contributed by atoms with Crippen LogP contribution in [0.1, 0.15) is 22.8 Å². The Kier molecular flexibility index (Phi) is 5.05. The van der Waals surface area contributed by atoms with Crippen molar-refractivity contribution in [3.8, 4) is 5.75 Å². The average Bonchev–Trinajstić information content (AvgIpc) is 2.60. The van der Waals surface area contributed by atoms with Gasteiger partial charge in [-0.05, 0) is 41.6 Å². The van der Waals surface area contributed by atoms with Crippen LogP contribution in [0, 0.1) is 0 Å². The highest BCUT2D eigenvalue weighted by Crippen LogP contribution is 2.30. The normalized spacial score (nSPS) is 12.8. The molecule has 0 atom stereocenters. The molecule has 0 saturated carbocycles. The molecule has 0 saturated heterocycles. The van der Waals surface area contributed by atoms with Gasteiger partial charge in [0, 0.05) is 17.0 Å². The number of thioether (sulfide) groups is 1. The molecule has 1 aliphatic heterocycles. The molecule has 0 bridgehead atoms. The first-order valence-corrected chi connectivity index (χ1v) is 8.86. The molecule has 0 aliphatic carbocycles. The summed E-state index contributed by atoms with van der Waals surface area (Å²) in [5.41, 5.74) is 2.97. The Balaban J connectivity index is 1.68. The Labute approximate surface area is 144 Å². The van der Waals surface area contributed by atoms with Crippen LogP contribution in [-0.2, 0) is 10.5 Å². The van der Waals surface area contributed by atoms with Crippen molar-refractivity contribution >= 4 is 35.0 Å². The lowest BCUT2D eigenvalue weighted by molar-refractivity contribution is -0.118. The topological polar surface area (TPSA) is 67.4 Å². The maximum absolute atomic E-state index is 12.3. The molecule has 1 aliphatic rings. The Morgan fingerprint density at radius 3 is 2.79 bits per heavy atom. The third-order valence-corrected chi connectivity index (χ3v) is 4.50. The monoisotopic (exact) mass is 342 g/mol. The molecule has 5 nitrogen and oxygen atoms in total. The summed E-state index contributed by atoms with van der Waals surface area (Å²) in [6.07, 6.45) is 0. The van der Waals surface area contributed by atoms with E-state index in [-0.39, 0.29) is 18.4 Å². The van der Waals surface area contributed by atoms with Gasteiger partial charge in [0.25, 0.3) is 11.8 Å². The van der Waals surface area contributed by atoms with Crippen molar-refractivity contribution in [2.75, 3.05) is 23.0 Å². The van der Waals surface area contributed by atoms with Crippen molar-refractivity contribution in [3.63, 3.8) is 0 Å². The molecule has 2 amide bonds. The quantitative estimate of drug-likeness (QED) is 0.872. The van der Waals surface area contributed by atoms with Crippen molar-refractivity contribution in [2.24, 2.45) is 0 Å². The molecule has 1 heterocycles. The van der Waals surface area contributed by atoms with E-state index in [9.17, 15) is 9.59 Å². The highest BCUT2D eigenvalue weighted by molar-refractivity contribution is 7.98. The number of amides is 2. The molecule has 0 fully saturated rings. The van der Waals surface area contributed by atoms with Crippen molar-refractivity contribution in [1.29, 1.82) is 0 Å². The van der Waals surface area contributed by atoms with Crippen LogP contribution >= 0.6 is 11.8 Å². The molecule has 124 valence electrons. The smallest absolute Gasteiger partial charge is 0.262 e. The Hall–Kier alpha value is -2.47. The van der Waals surface area contributed by atoms with E-state index >= 15 is 0 Å². The second-order valence-electron chi connectivity index (χ2n) is 5.34. The Morgan fingerprint density at radius 2 is 2.04 bits per heavy atom. The first-order chi connectivity index (χ1) is 11.7. The molecule has 3 rings (SSSR count). The van der Waals surface area contributed by atoms with E-state index in [1.807, 2.05) is 36.0 Å². The number of fused-ring (bicyclic) bond motifs is 1. The lowest BCUT2D eigenvalue weighted by Crippen LogP contribution is -2.25. The molecular formula is C18H18N2O3S. The van der Waals surface area contributed by atoms with Crippen LogP contribution < -0.4 is 15.4 Å². The summed E-state index contributed by atoms with van der Waals surface area (Å²) >= 11 is 1.84. The molecule has 24 heavy (non-hydrogen) atoms. The van der Waals surface area contributed by atoms with Gasteiger partial charge in [-0.1, -0.05) is 19.1 Å². The predicted molar refractivity (Wildman–Crippen MR) is 96.8 cm³/mol. The number of carbonyl (C=O) groups excluding carboxylic acids is 2. The van der Waals surface area contributed by atoms with E-state index in [1.54, 1.807) is 18.2 Å². The zero-order valence-corrected chi connectivity index (χ0v) is 14.1. The highest BCUT2D eigenvalue weighted by Gasteiger charge is 2.16. The van der Waals surface area contributed by atoms with E-state index in [4.69, 9.17) is 4.74 Å². The maximum Gasteiger partial charge on any atom is 0.262 e. The lowest BCUT2D eigenvalue weighted by atomic mass is 10.1. The summed E-state index contributed by atoms with van der Waals surface area (Å²) in [7, 11) is 0. The van der Waals surface area contributed by atoms with Gasteiger partial charge in [0.15, 0.2) is 6.61 Å². The van der Waals surface area contributed by atoms with E-state index < -0.39 is 0 Å². The molecule has 0 spiro atoms. The van der Waals surface area contributed by atoms with Crippen LogP contribution in [0.5, 0.6) is 5.75 Å². The minimum atomic E-state index is -0.202. The number of anilines is 2. The largest absolute Gasteiger partial charge is 0.482 e. The van der Waals surface area contributed by atoms with Crippen molar-refractivity contribution in [3.05, 3.63) is 53.6 Å². The first-order valence-electron chi connectivity index (χ1n) is 7.70. The van der Waals surface area contributed by atoms with Gasteiger partial charge in [0.1, 0.15) is 5.75 Å². The third-order valence-electron chi connectivity index (χ3n) is 3.56. The number of rotatable bonds is 5. The fourth-order valence-corrected chi connectivity index (χ4v) is 2.97. The number of carbonyl (C=O) groups is 2. The lowest BCUT2D eigenvalue weighted by Gasteiger charge is -2.18. The molecule has 6 heteroatoms. The minimum Gasteiger partial charge on any atom is -0.482 e. The Morgan fingerprint density at radius 1 is 1.25 bits per heavy atom. The molecule has 2 aromatic rings. The van der Waals surface area contributed by atoms with Gasteiger partial charge < -0.3 is 15.4 Å². The minimum absolute atomic E-state index is 0.0152. The SMILES string of the molecule is CCSCc1ccc(C(=O)Nc2ccc3c(c2)NC(=O)CO3)cc1. The van der Waals surface area contributed by atoms with Crippen LogP contribution in [0.15, 0.2) is 42.5 Å². The number of benzene rings is 2. The van der Waals surface area contributed by atoms with Gasteiger partial charge in [-0.15, -0.1) is 0 Å². The third kappa shape index (κ3) is 3.89. The number of hydrogen-bond acceptors (Lipinski definition) is 4. The zero-order valence-electron chi connectivity index (χ0n) is 13.3. The van der Waals surface area contributed by atoms with E-state index in [2.05, 4.69) is 17.6 Å². The van der Waals surface area contributed by atoms with Gasteiger partial charge in [0.2, 0.25) is 0 Å². The van der Waals surface area contributed by atoms with Crippen molar-refractivity contribution < 1.29 is 14.3 Å². The van der Waals surface area contributed by atoms with Gasteiger partial charge >= 0.3 is 0 Å². The van der Waals surface area contributed by atoms with Gasteiger partial charge in [-0.2, -0.15) is 11.8 Å². The Bertz CT molecular complexity index is 759. The van der Waals surface area contributed by atoms with Gasteiger partial charge in [0.05, 0.1) is 5.69 Å². The number of hydrogen-bond donors (Lipinski definition) is 2. The van der Waals surface area contributed by atoms with Gasteiger partial charge in [-0.3, -0.25) is 9.59 Å². The number of nitrogens with one attached hydrogen (secondary N) is 2. The fraction of sp³-hybridized carbons (Fsp3) is 0.222. The molecule has 2 N–H and O–H groups in total. The maximum atomic E-state index is 12.3. The molecule has 0 aromatic heterocycles. The van der Waals surface area contributed by atoms with Crippen LogP contribution in [0.3, 0.4) is 0 Å². The summed E-state index contributed by atoms with van der Waals surface area (Å²) < 4.78 is 5.30. The fourth-order valence-electron chi connectivity index (χ4n) is 2.34. The zero-order chi connectivity index (χ0) is 16.9. The van der Waals surface area contributed by atoms with E-state index in [1.165, 1.54) is 5.56 Å². The summed E-state index contributed by atoms with van der Waals surface area (Å²) in [5, 5.41) is 5.56. The van der Waals surface area contributed by atoms with Crippen LogP contribution in [-0.4, -0.2) is 24.2 Å². The van der Waals surface area contributed by atoms with Crippen LogP contribution in [0.4, 0.5) is 11.4 Å². The first kappa shape index (κ1) is 16.4.